The van der Waals surface area contributed by atoms with Gasteiger partial charge < -0.3 is 10.6 Å². The predicted molar refractivity (Wildman–Crippen MR) is 96.1 cm³/mol. The second-order valence-electron chi connectivity index (χ2n) is 5.54. The molecule has 126 valence electrons. The molecule has 21 heavy (non-hydrogen) atoms. The first-order valence-electron chi connectivity index (χ1n) is 7.62. The molecule has 0 aromatic rings. The Bertz CT molecular complexity index is 273. The highest BCUT2D eigenvalue weighted by atomic mass is 35.5. The summed E-state index contributed by atoms with van der Waals surface area (Å²) in [5.74, 6) is 3.48. The van der Waals surface area contributed by atoms with Crippen LogP contribution in [0.1, 0.15) is 25.7 Å². The number of thioether (sulfide) groups is 1. The summed E-state index contributed by atoms with van der Waals surface area (Å²) in [4.78, 5) is 14.2. The van der Waals surface area contributed by atoms with E-state index in [0.717, 1.165) is 38.5 Å². The van der Waals surface area contributed by atoms with E-state index in [4.69, 9.17) is 0 Å². The fraction of sp³-hybridized carbons (Fsp3) is 0.929. The second kappa shape index (κ2) is 12.8. The van der Waals surface area contributed by atoms with E-state index in [-0.39, 0.29) is 30.7 Å². The molecular formula is C14H29Cl2N3OS. The summed E-state index contributed by atoms with van der Waals surface area (Å²) in [5.41, 5.74) is 0. The Morgan fingerprint density at radius 1 is 1.19 bits per heavy atom. The topological polar surface area (TPSA) is 44.4 Å². The van der Waals surface area contributed by atoms with Crippen LogP contribution in [0, 0.1) is 5.92 Å². The number of carbonyl (C=O) groups excluding carboxylic acids is 1. The molecule has 2 rings (SSSR count). The van der Waals surface area contributed by atoms with Crippen LogP contribution in [0.4, 0.5) is 0 Å². The molecule has 4 nitrogen and oxygen atoms in total. The van der Waals surface area contributed by atoms with E-state index in [1.165, 1.54) is 37.4 Å². The van der Waals surface area contributed by atoms with Crippen LogP contribution >= 0.6 is 36.6 Å². The third kappa shape index (κ3) is 9.14. The van der Waals surface area contributed by atoms with Gasteiger partial charge in [-0.3, -0.25) is 9.69 Å². The molecule has 2 saturated heterocycles. The summed E-state index contributed by atoms with van der Waals surface area (Å²) in [5, 5.41) is 6.43. The Labute approximate surface area is 145 Å². The molecule has 0 saturated carbocycles. The molecule has 0 aliphatic carbocycles. The molecule has 0 unspecified atom stereocenters. The van der Waals surface area contributed by atoms with Crippen LogP contribution < -0.4 is 10.6 Å². The van der Waals surface area contributed by atoms with Crippen LogP contribution in [0.3, 0.4) is 0 Å². The van der Waals surface area contributed by atoms with E-state index < -0.39 is 0 Å². The van der Waals surface area contributed by atoms with Gasteiger partial charge in [-0.2, -0.15) is 11.8 Å². The molecule has 0 bridgehead atoms. The molecule has 1 amide bonds. The average molecular weight is 358 g/mol. The van der Waals surface area contributed by atoms with Gasteiger partial charge in [0, 0.05) is 44.1 Å². The first kappa shape index (κ1) is 21.3. The molecule has 0 aromatic carbocycles. The van der Waals surface area contributed by atoms with Gasteiger partial charge in [0.15, 0.2) is 0 Å². The SMILES string of the molecule is Cl.Cl.O=C(CCC1CCNCC1)NCCN1CCSCC1. The van der Waals surface area contributed by atoms with Crippen molar-refractivity contribution in [1.29, 1.82) is 0 Å². The summed E-state index contributed by atoms with van der Waals surface area (Å²) in [7, 11) is 0. The normalized spacial score (nSPS) is 20.2. The summed E-state index contributed by atoms with van der Waals surface area (Å²) >= 11 is 2.03. The molecule has 0 atom stereocenters. The molecule has 2 aliphatic heterocycles. The largest absolute Gasteiger partial charge is 0.355 e. The number of nitrogens with zero attached hydrogens (tertiary/aromatic N) is 1. The van der Waals surface area contributed by atoms with E-state index in [0.29, 0.717) is 6.42 Å². The van der Waals surface area contributed by atoms with Crippen molar-refractivity contribution in [2.45, 2.75) is 25.7 Å². The molecule has 0 spiro atoms. The van der Waals surface area contributed by atoms with Crippen molar-refractivity contribution in [3.63, 3.8) is 0 Å². The second-order valence-corrected chi connectivity index (χ2v) is 6.76. The Morgan fingerprint density at radius 3 is 2.52 bits per heavy atom. The van der Waals surface area contributed by atoms with Crippen LogP contribution in [-0.4, -0.2) is 61.6 Å². The zero-order valence-electron chi connectivity index (χ0n) is 12.6. The van der Waals surface area contributed by atoms with Gasteiger partial charge >= 0.3 is 0 Å². The lowest BCUT2D eigenvalue weighted by Crippen LogP contribution is -2.39. The van der Waals surface area contributed by atoms with Crippen molar-refractivity contribution in [1.82, 2.24) is 15.5 Å². The molecule has 2 aliphatic rings. The van der Waals surface area contributed by atoms with Gasteiger partial charge in [-0.25, -0.2) is 0 Å². The number of rotatable bonds is 6. The maximum Gasteiger partial charge on any atom is 0.220 e. The van der Waals surface area contributed by atoms with Gasteiger partial charge in [-0.15, -0.1) is 24.8 Å². The van der Waals surface area contributed by atoms with E-state index in [2.05, 4.69) is 15.5 Å². The van der Waals surface area contributed by atoms with Gasteiger partial charge in [0.1, 0.15) is 0 Å². The van der Waals surface area contributed by atoms with Crippen LogP contribution in [0.25, 0.3) is 0 Å². The van der Waals surface area contributed by atoms with Crippen molar-refractivity contribution in [3.8, 4) is 0 Å². The molecule has 7 heteroatoms. The number of piperidine rings is 1. The number of nitrogens with one attached hydrogen (secondary N) is 2. The lowest BCUT2D eigenvalue weighted by molar-refractivity contribution is -0.121. The molecule has 2 heterocycles. The maximum absolute atomic E-state index is 11.8. The number of hydrogen-bond donors (Lipinski definition) is 2. The van der Waals surface area contributed by atoms with Gasteiger partial charge in [0.25, 0.3) is 0 Å². The van der Waals surface area contributed by atoms with Crippen molar-refractivity contribution >= 4 is 42.5 Å². The smallest absolute Gasteiger partial charge is 0.220 e. The maximum atomic E-state index is 11.8. The average Bonchev–Trinajstić information content (AvgIpc) is 2.47. The number of amides is 1. The number of carbonyl (C=O) groups is 1. The first-order valence-corrected chi connectivity index (χ1v) is 8.77. The van der Waals surface area contributed by atoms with E-state index in [1.54, 1.807) is 0 Å². The monoisotopic (exact) mass is 357 g/mol. The van der Waals surface area contributed by atoms with Crippen LogP contribution in [0.15, 0.2) is 0 Å². The summed E-state index contributed by atoms with van der Waals surface area (Å²) in [6.07, 6.45) is 4.24. The minimum Gasteiger partial charge on any atom is -0.355 e. The predicted octanol–water partition coefficient (Wildman–Crippen LogP) is 1.77. The third-order valence-corrected chi connectivity index (χ3v) is 5.03. The van der Waals surface area contributed by atoms with Gasteiger partial charge in [0.05, 0.1) is 0 Å². The third-order valence-electron chi connectivity index (χ3n) is 4.09. The van der Waals surface area contributed by atoms with E-state index in [9.17, 15) is 4.79 Å². The lowest BCUT2D eigenvalue weighted by Gasteiger charge is -2.26. The van der Waals surface area contributed by atoms with Gasteiger partial charge in [0.2, 0.25) is 5.91 Å². The Morgan fingerprint density at radius 2 is 1.86 bits per heavy atom. The van der Waals surface area contributed by atoms with Crippen LogP contribution in [0.5, 0.6) is 0 Å². The van der Waals surface area contributed by atoms with E-state index >= 15 is 0 Å². The summed E-state index contributed by atoms with van der Waals surface area (Å²) in [6, 6.07) is 0. The lowest BCUT2D eigenvalue weighted by atomic mass is 9.93. The summed E-state index contributed by atoms with van der Waals surface area (Å²) < 4.78 is 0. The minimum absolute atomic E-state index is 0. The highest BCUT2D eigenvalue weighted by Crippen LogP contribution is 2.17. The fourth-order valence-electron chi connectivity index (χ4n) is 2.77. The van der Waals surface area contributed by atoms with Crippen molar-refractivity contribution < 1.29 is 4.79 Å². The quantitative estimate of drug-likeness (QED) is 0.760. The molecule has 0 aromatic heterocycles. The molecule has 2 N–H and O–H groups in total. The van der Waals surface area contributed by atoms with Gasteiger partial charge in [-0.05, 0) is 38.3 Å². The Kier molecular flexibility index (Phi) is 13.0. The number of hydrogen-bond acceptors (Lipinski definition) is 4. The van der Waals surface area contributed by atoms with Crippen molar-refractivity contribution in [2.24, 2.45) is 5.92 Å². The molecule has 2 fully saturated rings. The molecular weight excluding hydrogens is 329 g/mol. The molecule has 0 radical (unpaired) electrons. The standard InChI is InChI=1S/C14H27N3OS.2ClH/c18-14(2-1-13-3-5-15-6-4-13)16-7-8-17-9-11-19-12-10-17;;/h13,15H,1-12H2,(H,16,18);2*1H. The summed E-state index contributed by atoms with van der Waals surface area (Å²) in [6.45, 7) is 6.43. The van der Waals surface area contributed by atoms with E-state index in [1.807, 2.05) is 11.8 Å². The highest BCUT2D eigenvalue weighted by molar-refractivity contribution is 7.99. The zero-order chi connectivity index (χ0) is 13.3. The fourth-order valence-corrected chi connectivity index (χ4v) is 3.75. The van der Waals surface area contributed by atoms with Gasteiger partial charge in [-0.1, -0.05) is 0 Å². The minimum atomic E-state index is 0. The zero-order valence-corrected chi connectivity index (χ0v) is 15.1. The van der Waals surface area contributed by atoms with Crippen molar-refractivity contribution in [3.05, 3.63) is 0 Å². The first-order chi connectivity index (χ1) is 9.34. The highest BCUT2D eigenvalue weighted by Gasteiger charge is 2.14. The van der Waals surface area contributed by atoms with Crippen LogP contribution in [-0.2, 0) is 4.79 Å². The Balaban J connectivity index is 0.00000200. The van der Waals surface area contributed by atoms with Crippen LogP contribution in [0.2, 0.25) is 0 Å². The van der Waals surface area contributed by atoms with Crippen molar-refractivity contribution in [2.75, 3.05) is 50.8 Å². The number of halogens is 2. The Hall–Kier alpha value is 0.320.